The summed E-state index contributed by atoms with van der Waals surface area (Å²) in [5.41, 5.74) is 7.68. The number of ether oxygens (including phenoxy) is 1. The van der Waals surface area contributed by atoms with E-state index in [9.17, 15) is 13.2 Å². The Hall–Kier alpha value is -2.65. The van der Waals surface area contributed by atoms with Crippen molar-refractivity contribution in [1.82, 2.24) is 0 Å². The predicted molar refractivity (Wildman–Crippen MR) is 147 cm³/mol. The third-order valence-corrected chi connectivity index (χ3v) is 9.34. The summed E-state index contributed by atoms with van der Waals surface area (Å²) in [4.78, 5) is 13.9. The minimum absolute atomic E-state index is 0.0570. The van der Waals surface area contributed by atoms with Gasteiger partial charge >= 0.3 is 5.97 Å². The highest BCUT2D eigenvalue weighted by molar-refractivity contribution is 7.98. The molecule has 0 aliphatic carbocycles. The fourth-order valence-corrected chi connectivity index (χ4v) is 7.42. The zero-order valence-corrected chi connectivity index (χ0v) is 22.8. The molecule has 196 valence electrons. The van der Waals surface area contributed by atoms with Crippen LogP contribution in [0.2, 0.25) is 0 Å². The van der Waals surface area contributed by atoms with Crippen molar-refractivity contribution in [2.75, 3.05) is 29.2 Å². The van der Waals surface area contributed by atoms with E-state index in [1.807, 2.05) is 36.6 Å². The van der Waals surface area contributed by atoms with E-state index in [0.717, 1.165) is 56.6 Å². The Kier molecular flexibility index (Phi) is 9.35. The first-order valence-corrected chi connectivity index (χ1v) is 15.2. The molecule has 0 atom stereocenters. The SMILES string of the molecule is CCCCC1(CCCC)CN(c2ccc(N)cc2)c2cc(SC)c(O/C=C/C(=O)O)cc2S(=O)(=O)C1. The third kappa shape index (κ3) is 6.56. The van der Waals surface area contributed by atoms with Gasteiger partial charge in [0.25, 0.3) is 0 Å². The lowest BCUT2D eigenvalue weighted by atomic mass is 9.79. The predicted octanol–water partition coefficient (Wildman–Crippen LogP) is 6.26. The van der Waals surface area contributed by atoms with Gasteiger partial charge in [-0.25, -0.2) is 13.2 Å². The summed E-state index contributed by atoms with van der Waals surface area (Å²) in [5.74, 6) is -0.773. The van der Waals surface area contributed by atoms with Crippen LogP contribution in [0.15, 0.2) is 58.5 Å². The van der Waals surface area contributed by atoms with E-state index < -0.39 is 21.2 Å². The summed E-state index contributed by atoms with van der Waals surface area (Å²) in [6.45, 7) is 4.84. The molecule has 0 bridgehead atoms. The van der Waals surface area contributed by atoms with Crippen LogP contribution in [0.5, 0.6) is 5.75 Å². The van der Waals surface area contributed by atoms with Crippen LogP contribution in [0.4, 0.5) is 17.1 Å². The summed E-state index contributed by atoms with van der Waals surface area (Å²) < 4.78 is 33.6. The van der Waals surface area contributed by atoms with Crippen LogP contribution in [-0.2, 0) is 14.6 Å². The lowest BCUT2D eigenvalue weighted by Crippen LogP contribution is -2.38. The minimum atomic E-state index is -3.68. The number of nitrogens with zero attached hydrogens (tertiary/aromatic N) is 1. The quantitative estimate of drug-likeness (QED) is 0.151. The van der Waals surface area contributed by atoms with Gasteiger partial charge in [0.15, 0.2) is 9.84 Å². The van der Waals surface area contributed by atoms with Gasteiger partial charge in [0, 0.05) is 29.4 Å². The molecule has 0 spiro atoms. The zero-order valence-electron chi connectivity index (χ0n) is 21.2. The van der Waals surface area contributed by atoms with Crippen molar-refractivity contribution in [3.63, 3.8) is 0 Å². The van der Waals surface area contributed by atoms with Crippen molar-refractivity contribution < 1.29 is 23.1 Å². The van der Waals surface area contributed by atoms with Crippen LogP contribution < -0.4 is 15.4 Å². The van der Waals surface area contributed by atoms with E-state index in [4.69, 9.17) is 15.6 Å². The number of sulfone groups is 1. The fourth-order valence-electron chi connectivity index (χ4n) is 4.77. The molecule has 1 aliphatic rings. The molecule has 0 aromatic heterocycles. The van der Waals surface area contributed by atoms with E-state index in [-0.39, 0.29) is 10.6 Å². The molecule has 7 nitrogen and oxygen atoms in total. The number of rotatable bonds is 11. The van der Waals surface area contributed by atoms with Gasteiger partial charge in [0.05, 0.1) is 33.6 Å². The highest BCUT2D eigenvalue weighted by Gasteiger charge is 2.42. The van der Waals surface area contributed by atoms with Crippen LogP contribution in [0.25, 0.3) is 0 Å². The Labute approximate surface area is 218 Å². The monoisotopic (exact) mass is 532 g/mol. The molecular formula is C27H36N2O5S2. The summed E-state index contributed by atoms with van der Waals surface area (Å²) in [5, 5.41) is 8.93. The number of nitrogen functional groups attached to an aromatic ring is 1. The molecule has 9 heteroatoms. The molecule has 1 aliphatic heterocycles. The highest BCUT2D eigenvalue weighted by Crippen LogP contribution is 2.47. The van der Waals surface area contributed by atoms with Crippen LogP contribution in [0, 0.1) is 5.41 Å². The Morgan fingerprint density at radius 2 is 1.81 bits per heavy atom. The first kappa shape index (κ1) is 27.9. The number of anilines is 3. The van der Waals surface area contributed by atoms with Crippen LogP contribution >= 0.6 is 11.8 Å². The van der Waals surface area contributed by atoms with Crippen LogP contribution in [-0.4, -0.2) is 38.0 Å². The van der Waals surface area contributed by atoms with E-state index in [1.165, 1.54) is 11.8 Å². The minimum Gasteiger partial charge on any atom is -0.478 e. The molecule has 0 saturated heterocycles. The molecule has 2 aromatic rings. The second-order valence-corrected chi connectivity index (χ2v) is 12.2. The van der Waals surface area contributed by atoms with Gasteiger partial charge in [-0.3, -0.25) is 0 Å². The van der Waals surface area contributed by atoms with E-state index in [0.29, 0.717) is 28.6 Å². The first-order valence-electron chi connectivity index (χ1n) is 12.3. The standard InChI is InChI=1S/C27H36N2O5S2/c1-4-6-13-27(14-7-5-2)18-29(21-10-8-20(28)9-11-21)22-16-24(35-3)23(34-15-12-26(30)31)17-25(22)36(32,33)19-27/h8-12,15-17H,4-7,13-14,18-19,28H2,1-3H3,(H,30,31)/b15-12+. The molecule has 2 aromatic carbocycles. The van der Waals surface area contributed by atoms with Crippen molar-refractivity contribution >= 4 is 44.6 Å². The smallest absolute Gasteiger partial charge is 0.331 e. The number of thioether (sulfide) groups is 1. The lowest BCUT2D eigenvalue weighted by molar-refractivity contribution is -0.131. The Morgan fingerprint density at radius 1 is 1.17 bits per heavy atom. The molecule has 0 unspecified atom stereocenters. The maximum absolute atomic E-state index is 14.0. The molecule has 1 heterocycles. The largest absolute Gasteiger partial charge is 0.478 e. The second-order valence-electron chi connectivity index (χ2n) is 9.37. The van der Waals surface area contributed by atoms with Gasteiger partial charge in [-0.15, -0.1) is 11.8 Å². The van der Waals surface area contributed by atoms with Crippen molar-refractivity contribution in [1.29, 1.82) is 0 Å². The maximum atomic E-state index is 14.0. The number of nitrogens with two attached hydrogens (primary N) is 1. The molecule has 0 saturated carbocycles. The van der Waals surface area contributed by atoms with Crippen LogP contribution in [0.1, 0.15) is 52.4 Å². The summed E-state index contributed by atoms with van der Waals surface area (Å²) in [7, 11) is -3.68. The van der Waals surface area contributed by atoms with E-state index in [2.05, 4.69) is 18.7 Å². The number of unbranched alkanes of at least 4 members (excludes halogenated alkanes) is 2. The molecule has 0 fully saturated rings. The van der Waals surface area contributed by atoms with Crippen molar-refractivity contribution in [3.8, 4) is 5.75 Å². The maximum Gasteiger partial charge on any atom is 0.331 e. The van der Waals surface area contributed by atoms with Gasteiger partial charge in [0.2, 0.25) is 0 Å². The second kappa shape index (κ2) is 12.1. The van der Waals surface area contributed by atoms with Crippen LogP contribution in [0.3, 0.4) is 0 Å². The zero-order chi connectivity index (χ0) is 26.3. The van der Waals surface area contributed by atoms with Gasteiger partial charge in [-0.1, -0.05) is 39.5 Å². The van der Waals surface area contributed by atoms with Gasteiger partial charge < -0.3 is 20.5 Å². The first-order chi connectivity index (χ1) is 17.1. The number of fused-ring (bicyclic) bond motifs is 1. The number of carboxylic acid groups (broad SMARTS) is 1. The number of carboxylic acids is 1. The number of hydrogen-bond donors (Lipinski definition) is 2. The average molecular weight is 533 g/mol. The normalized spacial score (nSPS) is 16.5. The van der Waals surface area contributed by atoms with Crippen molar-refractivity contribution in [3.05, 3.63) is 48.7 Å². The molecule has 3 N–H and O–H groups in total. The van der Waals surface area contributed by atoms with Crippen molar-refractivity contribution in [2.45, 2.75) is 62.2 Å². The molecular weight excluding hydrogens is 496 g/mol. The lowest BCUT2D eigenvalue weighted by Gasteiger charge is -2.37. The summed E-state index contributed by atoms with van der Waals surface area (Å²) in [6, 6.07) is 10.9. The number of aliphatic carboxylic acids is 1. The summed E-state index contributed by atoms with van der Waals surface area (Å²) >= 11 is 1.41. The third-order valence-electron chi connectivity index (χ3n) is 6.59. The molecule has 3 rings (SSSR count). The number of benzene rings is 2. The number of hydrogen-bond acceptors (Lipinski definition) is 7. The Balaban J connectivity index is 2.24. The average Bonchev–Trinajstić information content (AvgIpc) is 2.93. The van der Waals surface area contributed by atoms with Gasteiger partial charge in [0.1, 0.15) is 5.75 Å². The highest BCUT2D eigenvalue weighted by atomic mass is 32.2. The van der Waals surface area contributed by atoms with Crippen molar-refractivity contribution in [2.24, 2.45) is 5.41 Å². The fraction of sp³-hybridized carbons (Fsp3) is 0.444. The van der Waals surface area contributed by atoms with Gasteiger partial charge in [-0.2, -0.15) is 0 Å². The number of carbonyl (C=O) groups is 1. The Bertz CT molecular complexity index is 1190. The molecule has 0 amide bonds. The van der Waals surface area contributed by atoms with E-state index in [1.54, 1.807) is 6.07 Å². The summed E-state index contributed by atoms with van der Waals surface area (Å²) in [6.07, 6.45) is 9.36. The van der Waals surface area contributed by atoms with E-state index >= 15 is 0 Å². The van der Waals surface area contributed by atoms with Gasteiger partial charge in [-0.05, 0) is 49.4 Å². The topological polar surface area (TPSA) is 110 Å². The molecule has 0 radical (unpaired) electrons. The Morgan fingerprint density at radius 3 is 2.36 bits per heavy atom. The molecule has 36 heavy (non-hydrogen) atoms.